The molecule has 2 amide bonds. The molecule has 2 aromatic carbocycles. The average molecular weight is 419 g/mol. The summed E-state index contributed by atoms with van der Waals surface area (Å²) in [4.78, 5) is 37.1. The molecule has 7 nitrogen and oxygen atoms in total. The van der Waals surface area contributed by atoms with Crippen LogP contribution in [0.4, 0.5) is 11.4 Å². The minimum atomic E-state index is -0.670. The zero-order valence-corrected chi connectivity index (χ0v) is 15.2. The molecule has 0 aliphatic carbocycles. The van der Waals surface area contributed by atoms with Crippen molar-refractivity contribution in [3.05, 3.63) is 53.0 Å². The van der Waals surface area contributed by atoms with Crippen molar-refractivity contribution in [1.29, 1.82) is 0 Å². The summed E-state index contributed by atoms with van der Waals surface area (Å²) in [6.07, 6.45) is 0. The van der Waals surface area contributed by atoms with Crippen LogP contribution in [0.25, 0.3) is 0 Å². The number of nitrogens with zero attached hydrogens (tertiary/aromatic N) is 1. The zero-order valence-electron chi connectivity index (χ0n) is 13.6. The molecule has 3 rings (SSSR count). The maximum absolute atomic E-state index is 12.3. The van der Waals surface area contributed by atoms with Crippen molar-refractivity contribution in [3.8, 4) is 5.75 Å². The molecular weight excluding hydrogens is 404 g/mol. The van der Waals surface area contributed by atoms with Gasteiger partial charge in [-0.2, -0.15) is 0 Å². The van der Waals surface area contributed by atoms with Gasteiger partial charge in [0.2, 0.25) is 5.91 Å². The summed E-state index contributed by atoms with van der Waals surface area (Å²) >= 11 is 3.30. The van der Waals surface area contributed by atoms with Crippen LogP contribution in [0.2, 0.25) is 0 Å². The molecule has 0 atom stereocenters. The van der Waals surface area contributed by atoms with Crippen molar-refractivity contribution in [2.45, 2.75) is 0 Å². The summed E-state index contributed by atoms with van der Waals surface area (Å²) in [5.41, 5.74) is 1.11. The molecule has 8 heteroatoms. The molecule has 0 radical (unpaired) electrons. The highest BCUT2D eigenvalue weighted by atomic mass is 79.9. The number of hydrogen-bond donors (Lipinski definition) is 1. The Hall–Kier alpha value is -2.87. The lowest BCUT2D eigenvalue weighted by Crippen LogP contribution is -2.44. The highest BCUT2D eigenvalue weighted by molar-refractivity contribution is 9.10. The van der Waals surface area contributed by atoms with E-state index in [0.717, 1.165) is 4.47 Å². The second-order valence-electron chi connectivity index (χ2n) is 5.45. The second-order valence-corrected chi connectivity index (χ2v) is 6.36. The highest BCUT2D eigenvalue weighted by Crippen LogP contribution is 2.28. The Balaban J connectivity index is 1.53. The quantitative estimate of drug-likeness (QED) is 0.753. The molecule has 0 aromatic heterocycles. The molecule has 134 valence electrons. The lowest BCUT2D eigenvalue weighted by Gasteiger charge is -2.28. The average Bonchev–Trinajstić information content (AvgIpc) is 2.65. The van der Waals surface area contributed by atoms with Gasteiger partial charge in [0, 0.05) is 4.47 Å². The summed E-state index contributed by atoms with van der Waals surface area (Å²) < 4.78 is 11.1. The van der Waals surface area contributed by atoms with E-state index in [1.165, 1.54) is 4.90 Å². The van der Waals surface area contributed by atoms with Gasteiger partial charge in [0.25, 0.3) is 5.91 Å². The monoisotopic (exact) mass is 418 g/mol. The largest absolute Gasteiger partial charge is 0.482 e. The third-order valence-corrected chi connectivity index (χ3v) is 4.13. The Morgan fingerprint density at radius 2 is 1.81 bits per heavy atom. The van der Waals surface area contributed by atoms with E-state index in [-0.39, 0.29) is 19.1 Å². The van der Waals surface area contributed by atoms with Gasteiger partial charge in [-0.3, -0.25) is 14.5 Å². The Bertz CT molecular complexity index is 838. The number of para-hydroxylation sites is 2. The van der Waals surface area contributed by atoms with Crippen LogP contribution >= 0.6 is 15.9 Å². The van der Waals surface area contributed by atoms with Crippen molar-refractivity contribution in [2.75, 3.05) is 30.0 Å². The molecule has 0 saturated carbocycles. The predicted octanol–water partition coefficient (Wildman–Crippen LogP) is 2.36. The molecule has 0 fully saturated rings. The van der Waals surface area contributed by atoms with Crippen molar-refractivity contribution in [1.82, 2.24) is 0 Å². The Labute approximate surface area is 158 Å². The molecule has 26 heavy (non-hydrogen) atoms. The van der Waals surface area contributed by atoms with E-state index in [9.17, 15) is 14.4 Å². The number of carbonyl (C=O) groups excluding carboxylic acids is 3. The minimum Gasteiger partial charge on any atom is -0.482 e. The third-order valence-electron chi connectivity index (χ3n) is 3.60. The fourth-order valence-electron chi connectivity index (χ4n) is 2.39. The van der Waals surface area contributed by atoms with Crippen molar-refractivity contribution in [3.63, 3.8) is 0 Å². The van der Waals surface area contributed by atoms with Crippen LogP contribution in [0.15, 0.2) is 53.0 Å². The summed E-state index contributed by atoms with van der Waals surface area (Å²) in [7, 11) is 0. The molecule has 0 bridgehead atoms. The molecule has 1 heterocycles. The van der Waals surface area contributed by atoms with Gasteiger partial charge in [-0.1, -0.05) is 28.1 Å². The molecule has 2 aromatic rings. The predicted molar refractivity (Wildman–Crippen MR) is 98.0 cm³/mol. The highest BCUT2D eigenvalue weighted by Gasteiger charge is 2.27. The third kappa shape index (κ3) is 4.40. The molecular formula is C18H15BrN2O5. The molecule has 0 spiro atoms. The van der Waals surface area contributed by atoms with Gasteiger partial charge >= 0.3 is 5.97 Å². The normalized spacial score (nSPS) is 12.8. The van der Waals surface area contributed by atoms with E-state index in [1.54, 1.807) is 48.5 Å². The number of benzene rings is 2. The molecule has 1 N–H and O–H groups in total. The summed E-state index contributed by atoms with van der Waals surface area (Å²) in [5.74, 6) is -0.944. The fourth-order valence-corrected chi connectivity index (χ4v) is 2.65. The van der Waals surface area contributed by atoms with Gasteiger partial charge in [-0.15, -0.1) is 0 Å². The first-order valence-corrected chi connectivity index (χ1v) is 8.55. The van der Waals surface area contributed by atoms with Crippen LogP contribution in [-0.4, -0.2) is 37.5 Å². The number of halogens is 1. The number of fused-ring (bicyclic) bond motifs is 1. The van der Waals surface area contributed by atoms with Gasteiger partial charge in [-0.05, 0) is 36.4 Å². The Morgan fingerprint density at radius 3 is 2.58 bits per heavy atom. The van der Waals surface area contributed by atoms with E-state index >= 15 is 0 Å². The van der Waals surface area contributed by atoms with Crippen LogP contribution in [0.5, 0.6) is 5.75 Å². The lowest BCUT2D eigenvalue weighted by molar-refractivity contribution is -0.149. The van der Waals surface area contributed by atoms with Crippen LogP contribution in [0, 0.1) is 0 Å². The van der Waals surface area contributed by atoms with Crippen molar-refractivity contribution >= 4 is 45.1 Å². The maximum Gasteiger partial charge on any atom is 0.344 e. The maximum atomic E-state index is 12.3. The fraction of sp³-hybridized carbons (Fsp3) is 0.167. The number of anilines is 2. The summed E-state index contributed by atoms with van der Waals surface area (Å²) in [5, 5.41) is 2.69. The molecule has 1 aliphatic heterocycles. The van der Waals surface area contributed by atoms with Crippen molar-refractivity contribution in [2.24, 2.45) is 0 Å². The first-order chi connectivity index (χ1) is 12.5. The van der Waals surface area contributed by atoms with Gasteiger partial charge < -0.3 is 14.8 Å². The van der Waals surface area contributed by atoms with E-state index in [0.29, 0.717) is 17.1 Å². The first-order valence-electron chi connectivity index (χ1n) is 7.76. The van der Waals surface area contributed by atoms with Gasteiger partial charge in [0.15, 0.2) is 13.2 Å². The van der Waals surface area contributed by atoms with Crippen LogP contribution in [0.1, 0.15) is 0 Å². The van der Waals surface area contributed by atoms with Crippen LogP contribution in [-0.2, 0) is 19.1 Å². The SMILES string of the molecule is O=C1CN(C(=O)COC(=O)COc2ccc(Br)cc2)c2ccccc2N1. The van der Waals surface area contributed by atoms with Crippen molar-refractivity contribution < 1.29 is 23.9 Å². The second kappa shape index (κ2) is 8.01. The van der Waals surface area contributed by atoms with Gasteiger partial charge in [0.05, 0.1) is 11.4 Å². The van der Waals surface area contributed by atoms with Gasteiger partial charge in [0.1, 0.15) is 12.3 Å². The lowest BCUT2D eigenvalue weighted by atomic mass is 10.2. The van der Waals surface area contributed by atoms with E-state index in [1.807, 2.05) is 0 Å². The summed E-state index contributed by atoms with van der Waals surface area (Å²) in [6, 6.07) is 13.9. The number of hydrogen-bond acceptors (Lipinski definition) is 5. The first kappa shape index (κ1) is 17.9. The van der Waals surface area contributed by atoms with E-state index in [4.69, 9.17) is 9.47 Å². The number of carbonyl (C=O) groups is 3. The zero-order chi connectivity index (χ0) is 18.5. The number of esters is 1. The smallest absolute Gasteiger partial charge is 0.344 e. The van der Waals surface area contributed by atoms with Crippen LogP contribution < -0.4 is 15.0 Å². The van der Waals surface area contributed by atoms with E-state index in [2.05, 4.69) is 21.2 Å². The molecule has 0 unspecified atom stereocenters. The Kier molecular flexibility index (Phi) is 5.52. The molecule has 1 aliphatic rings. The number of nitrogens with one attached hydrogen (secondary N) is 1. The molecule has 0 saturated heterocycles. The number of amides is 2. The van der Waals surface area contributed by atoms with E-state index < -0.39 is 18.5 Å². The standard InChI is InChI=1S/C18H15BrN2O5/c19-12-5-7-13(8-6-12)25-11-18(24)26-10-17(23)21-9-16(22)20-14-3-1-2-4-15(14)21/h1-8H,9-11H2,(H,20,22). The number of rotatable bonds is 5. The van der Waals surface area contributed by atoms with Crippen LogP contribution in [0.3, 0.4) is 0 Å². The van der Waals surface area contributed by atoms with Gasteiger partial charge in [-0.25, -0.2) is 4.79 Å². The minimum absolute atomic E-state index is 0.122. The summed E-state index contributed by atoms with van der Waals surface area (Å²) in [6.45, 7) is -0.904. The Morgan fingerprint density at radius 1 is 1.08 bits per heavy atom. The topological polar surface area (TPSA) is 84.9 Å². The number of ether oxygens (including phenoxy) is 2.